The van der Waals surface area contributed by atoms with E-state index in [0.717, 1.165) is 25.7 Å². The smallest absolute Gasteiger partial charge is 0.293 e. The molecule has 6 nitrogen and oxygen atoms in total. The van der Waals surface area contributed by atoms with Gasteiger partial charge in [0.05, 0.1) is 4.92 Å². The SMILES string of the molecule is O=C(NC1CC1)c1ccc(NC2CC2)c([N+](=O)[O-])c1. The van der Waals surface area contributed by atoms with Crippen LogP contribution < -0.4 is 10.6 Å². The molecule has 1 aromatic rings. The Kier molecular flexibility index (Phi) is 2.85. The van der Waals surface area contributed by atoms with E-state index in [1.807, 2.05) is 0 Å². The average Bonchev–Trinajstić information content (AvgIpc) is 3.24. The molecule has 0 saturated heterocycles. The Balaban J connectivity index is 1.82. The second-order valence-electron chi connectivity index (χ2n) is 5.16. The molecule has 0 atom stereocenters. The summed E-state index contributed by atoms with van der Waals surface area (Å²) < 4.78 is 0. The van der Waals surface area contributed by atoms with Gasteiger partial charge in [-0.15, -0.1) is 0 Å². The van der Waals surface area contributed by atoms with Crippen molar-refractivity contribution in [2.75, 3.05) is 5.32 Å². The quantitative estimate of drug-likeness (QED) is 0.627. The molecule has 0 unspecified atom stereocenters. The topological polar surface area (TPSA) is 84.3 Å². The first-order valence-corrected chi connectivity index (χ1v) is 6.49. The minimum Gasteiger partial charge on any atom is -0.377 e. The summed E-state index contributed by atoms with van der Waals surface area (Å²) in [6, 6.07) is 5.19. The molecule has 6 heteroatoms. The third kappa shape index (κ3) is 2.83. The molecule has 100 valence electrons. The molecule has 2 fully saturated rings. The average molecular weight is 261 g/mol. The van der Waals surface area contributed by atoms with Gasteiger partial charge in [0.25, 0.3) is 11.6 Å². The molecule has 2 aliphatic carbocycles. The molecule has 0 bridgehead atoms. The van der Waals surface area contributed by atoms with Crippen LogP contribution in [0.25, 0.3) is 0 Å². The minimum atomic E-state index is -0.446. The van der Waals surface area contributed by atoms with Crippen LogP contribution in [0.15, 0.2) is 18.2 Å². The van der Waals surface area contributed by atoms with Crippen molar-refractivity contribution < 1.29 is 9.72 Å². The summed E-state index contributed by atoms with van der Waals surface area (Å²) in [6.07, 6.45) is 4.08. The maximum Gasteiger partial charge on any atom is 0.293 e. The highest BCUT2D eigenvalue weighted by Gasteiger charge is 2.27. The third-order valence-corrected chi connectivity index (χ3v) is 3.31. The number of nitro groups is 1. The first kappa shape index (κ1) is 12.0. The van der Waals surface area contributed by atoms with Crippen LogP contribution in [0.2, 0.25) is 0 Å². The van der Waals surface area contributed by atoms with E-state index in [4.69, 9.17) is 0 Å². The van der Waals surface area contributed by atoms with Crippen molar-refractivity contribution in [2.45, 2.75) is 37.8 Å². The molecular formula is C13H15N3O3. The summed E-state index contributed by atoms with van der Waals surface area (Å²) >= 11 is 0. The van der Waals surface area contributed by atoms with Gasteiger partial charge in [-0.1, -0.05) is 0 Å². The van der Waals surface area contributed by atoms with E-state index in [9.17, 15) is 14.9 Å². The van der Waals surface area contributed by atoms with E-state index in [-0.39, 0.29) is 17.6 Å². The number of nitrogens with zero attached hydrogens (tertiary/aromatic N) is 1. The Hall–Kier alpha value is -2.11. The number of carbonyl (C=O) groups excluding carboxylic acids is 1. The zero-order valence-corrected chi connectivity index (χ0v) is 10.4. The van der Waals surface area contributed by atoms with Gasteiger partial charge < -0.3 is 10.6 Å². The fraction of sp³-hybridized carbons (Fsp3) is 0.462. The lowest BCUT2D eigenvalue weighted by Gasteiger charge is -2.08. The van der Waals surface area contributed by atoms with Crippen LogP contribution in [-0.2, 0) is 0 Å². The van der Waals surface area contributed by atoms with Crippen LogP contribution in [0.4, 0.5) is 11.4 Å². The Morgan fingerprint density at radius 1 is 1.21 bits per heavy atom. The standard InChI is InChI=1S/C13H15N3O3/c17-13(15-10-4-5-10)8-1-6-11(14-9-2-3-9)12(7-8)16(18)19/h1,6-7,9-10,14H,2-5H2,(H,15,17). The van der Waals surface area contributed by atoms with E-state index >= 15 is 0 Å². The van der Waals surface area contributed by atoms with Crippen LogP contribution >= 0.6 is 0 Å². The summed E-state index contributed by atoms with van der Waals surface area (Å²) in [5.74, 6) is -0.233. The zero-order valence-electron chi connectivity index (χ0n) is 10.4. The predicted octanol–water partition coefficient (Wildman–Crippen LogP) is 2.06. The maximum absolute atomic E-state index is 11.9. The highest BCUT2D eigenvalue weighted by atomic mass is 16.6. The molecule has 0 spiro atoms. The first-order valence-electron chi connectivity index (χ1n) is 6.49. The van der Waals surface area contributed by atoms with Gasteiger partial charge in [-0.2, -0.15) is 0 Å². The second kappa shape index (κ2) is 4.53. The van der Waals surface area contributed by atoms with Crippen molar-refractivity contribution in [1.82, 2.24) is 5.32 Å². The molecule has 2 saturated carbocycles. The maximum atomic E-state index is 11.9. The number of hydrogen-bond acceptors (Lipinski definition) is 4. The number of rotatable bonds is 5. The molecule has 0 aromatic heterocycles. The molecule has 1 amide bonds. The predicted molar refractivity (Wildman–Crippen MR) is 70.2 cm³/mol. The second-order valence-corrected chi connectivity index (χ2v) is 5.16. The molecular weight excluding hydrogens is 246 g/mol. The molecule has 2 aliphatic rings. The number of hydrogen-bond donors (Lipinski definition) is 2. The first-order chi connectivity index (χ1) is 9.13. The van der Waals surface area contributed by atoms with Crippen molar-refractivity contribution in [3.8, 4) is 0 Å². The summed E-state index contributed by atoms with van der Waals surface area (Å²) in [5, 5.41) is 17.0. The number of nitro benzene ring substituents is 1. The lowest BCUT2D eigenvalue weighted by Crippen LogP contribution is -2.25. The normalized spacial score (nSPS) is 17.9. The van der Waals surface area contributed by atoms with E-state index < -0.39 is 4.92 Å². The van der Waals surface area contributed by atoms with Gasteiger partial charge in [-0.3, -0.25) is 14.9 Å². The van der Waals surface area contributed by atoms with Crippen LogP contribution in [0.1, 0.15) is 36.0 Å². The summed E-state index contributed by atoms with van der Waals surface area (Å²) in [6.45, 7) is 0. The third-order valence-electron chi connectivity index (χ3n) is 3.31. The Morgan fingerprint density at radius 3 is 2.47 bits per heavy atom. The molecule has 1 aromatic carbocycles. The molecule has 19 heavy (non-hydrogen) atoms. The molecule has 3 rings (SSSR count). The van der Waals surface area contributed by atoms with Gasteiger partial charge in [-0.25, -0.2) is 0 Å². The Labute approximate surface area is 110 Å². The van der Waals surface area contributed by atoms with Gasteiger partial charge >= 0.3 is 0 Å². The van der Waals surface area contributed by atoms with E-state index in [2.05, 4.69) is 10.6 Å². The highest BCUT2D eigenvalue weighted by molar-refractivity contribution is 5.96. The zero-order chi connectivity index (χ0) is 13.4. The van der Waals surface area contributed by atoms with Crippen molar-refractivity contribution in [2.24, 2.45) is 0 Å². The van der Waals surface area contributed by atoms with Crippen molar-refractivity contribution >= 4 is 17.3 Å². The highest BCUT2D eigenvalue weighted by Crippen LogP contribution is 2.31. The minimum absolute atomic E-state index is 0.0321. The number of benzene rings is 1. The number of carbonyl (C=O) groups is 1. The van der Waals surface area contributed by atoms with Crippen molar-refractivity contribution in [3.05, 3.63) is 33.9 Å². The van der Waals surface area contributed by atoms with Crippen molar-refractivity contribution in [3.63, 3.8) is 0 Å². The van der Waals surface area contributed by atoms with E-state index in [1.54, 1.807) is 12.1 Å². The molecule has 2 N–H and O–H groups in total. The lowest BCUT2D eigenvalue weighted by atomic mass is 10.1. The van der Waals surface area contributed by atoms with Gasteiger partial charge in [0.15, 0.2) is 0 Å². The fourth-order valence-electron chi connectivity index (χ4n) is 1.89. The summed E-state index contributed by atoms with van der Waals surface area (Å²) in [7, 11) is 0. The fourth-order valence-corrected chi connectivity index (χ4v) is 1.89. The van der Waals surface area contributed by atoms with Crippen LogP contribution in [0, 0.1) is 10.1 Å². The van der Waals surface area contributed by atoms with Crippen molar-refractivity contribution in [1.29, 1.82) is 0 Å². The molecule has 0 radical (unpaired) electrons. The summed E-state index contributed by atoms with van der Waals surface area (Å²) in [5.41, 5.74) is 0.811. The van der Waals surface area contributed by atoms with E-state index in [1.165, 1.54) is 6.07 Å². The largest absolute Gasteiger partial charge is 0.377 e. The molecule has 0 aliphatic heterocycles. The van der Waals surface area contributed by atoms with Gasteiger partial charge in [0, 0.05) is 23.7 Å². The lowest BCUT2D eigenvalue weighted by molar-refractivity contribution is -0.384. The monoisotopic (exact) mass is 261 g/mol. The van der Waals surface area contributed by atoms with Crippen LogP contribution in [0.5, 0.6) is 0 Å². The number of nitrogens with one attached hydrogen (secondary N) is 2. The Bertz CT molecular complexity index is 536. The van der Waals surface area contributed by atoms with Gasteiger partial charge in [-0.05, 0) is 37.8 Å². The Morgan fingerprint density at radius 2 is 1.89 bits per heavy atom. The molecule has 0 heterocycles. The van der Waals surface area contributed by atoms with Crippen LogP contribution in [0.3, 0.4) is 0 Å². The number of anilines is 1. The van der Waals surface area contributed by atoms with E-state index in [0.29, 0.717) is 17.3 Å². The van der Waals surface area contributed by atoms with Gasteiger partial charge in [0.2, 0.25) is 0 Å². The van der Waals surface area contributed by atoms with Crippen LogP contribution in [-0.4, -0.2) is 22.9 Å². The van der Waals surface area contributed by atoms with Gasteiger partial charge in [0.1, 0.15) is 5.69 Å². The summed E-state index contributed by atoms with van der Waals surface area (Å²) in [4.78, 5) is 22.5. The number of amides is 1.